The number of anilines is 1. The molecular formula is C17H30BN3O5S. The molecule has 1 fully saturated rings. The Balaban J connectivity index is 2.22. The van der Waals surface area contributed by atoms with E-state index in [1.54, 1.807) is 12.3 Å². The Morgan fingerprint density at radius 1 is 1.22 bits per heavy atom. The van der Waals surface area contributed by atoms with Crippen molar-refractivity contribution in [1.82, 2.24) is 10.3 Å². The molecule has 0 atom stereocenters. The van der Waals surface area contributed by atoms with Crippen LogP contribution in [-0.4, -0.2) is 57.2 Å². The van der Waals surface area contributed by atoms with Crippen LogP contribution in [0.2, 0.25) is 0 Å². The van der Waals surface area contributed by atoms with Crippen molar-refractivity contribution >= 4 is 28.3 Å². The van der Waals surface area contributed by atoms with Crippen molar-refractivity contribution in [1.29, 1.82) is 0 Å². The first-order chi connectivity index (χ1) is 12.3. The van der Waals surface area contributed by atoms with Gasteiger partial charge >= 0.3 is 7.12 Å². The molecule has 1 saturated heterocycles. The van der Waals surface area contributed by atoms with Crippen LogP contribution < -0.4 is 20.2 Å². The highest BCUT2D eigenvalue weighted by Gasteiger charge is 2.52. The van der Waals surface area contributed by atoms with E-state index in [-0.39, 0.29) is 11.6 Å². The second-order valence-corrected chi connectivity index (χ2v) is 9.79. The summed E-state index contributed by atoms with van der Waals surface area (Å²) in [7, 11) is -4.14. The van der Waals surface area contributed by atoms with Gasteiger partial charge in [0.05, 0.1) is 17.5 Å². The van der Waals surface area contributed by atoms with Crippen LogP contribution in [0, 0.1) is 0 Å². The van der Waals surface area contributed by atoms with E-state index in [1.807, 2.05) is 41.5 Å². The number of nitrogens with one attached hydrogen (secondary N) is 2. The van der Waals surface area contributed by atoms with Gasteiger partial charge in [-0.1, -0.05) is 13.8 Å². The molecule has 1 aromatic heterocycles. The number of sulfonamides is 1. The molecule has 0 radical (unpaired) electrons. The molecule has 0 saturated carbocycles. The summed E-state index contributed by atoms with van der Waals surface area (Å²) in [6.45, 7) is 12.9. The molecular weight excluding hydrogens is 369 g/mol. The predicted octanol–water partition coefficient (Wildman–Crippen LogP) is 1.13. The molecule has 0 bridgehead atoms. The Morgan fingerprint density at radius 3 is 2.33 bits per heavy atom. The van der Waals surface area contributed by atoms with Gasteiger partial charge in [-0.15, -0.1) is 0 Å². The van der Waals surface area contributed by atoms with Crippen LogP contribution in [0.3, 0.4) is 0 Å². The first-order valence-electron chi connectivity index (χ1n) is 9.00. The number of hydrogen-bond donors (Lipinski definition) is 2. The Labute approximate surface area is 162 Å². The van der Waals surface area contributed by atoms with Gasteiger partial charge in [0.1, 0.15) is 12.3 Å². The van der Waals surface area contributed by atoms with E-state index in [4.69, 9.17) is 14.0 Å². The molecule has 0 unspecified atom stereocenters. The fourth-order valence-electron chi connectivity index (χ4n) is 2.46. The zero-order chi connectivity index (χ0) is 20.5. The predicted molar refractivity (Wildman–Crippen MR) is 107 cm³/mol. The molecule has 0 spiro atoms. The monoisotopic (exact) mass is 399 g/mol. The van der Waals surface area contributed by atoms with Gasteiger partial charge in [-0.25, -0.2) is 13.4 Å². The maximum atomic E-state index is 11.7. The van der Waals surface area contributed by atoms with Gasteiger partial charge in [0.15, 0.2) is 0 Å². The van der Waals surface area contributed by atoms with Crippen molar-refractivity contribution < 1.29 is 22.5 Å². The third-order valence-corrected chi connectivity index (χ3v) is 5.18. The summed E-state index contributed by atoms with van der Waals surface area (Å²) in [4.78, 5) is 4.28. The third kappa shape index (κ3) is 5.81. The molecule has 2 rings (SSSR count). The topological polar surface area (TPSA) is 98.8 Å². The van der Waals surface area contributed by atoms with E-state index in [1.165, 1.54) is 0 Å². The standard InChI is InChI=1S/C17H30BN3O5S/c1-12(2)19-8-9-24-15-14(21-27(7,22)23)10-13(11-20-15)18-25-16(3,4)17(5,6)26-18/h10-12,19,21H,8-9H2,1-7H3. The molecule has 2 heterocycles. The third-order valence-electron chi connectivity index (χ3n) is 4.59. The van der Waals surface area contributed by atoms with Crippen LogP contribution in [0.1, 0.15) is 41.5 Å². The largest absolute Gasteiger partial charge is 0.496 e. The molecule has 152 valence electrons. The lowest BCUT2D eigenvalue weighted by molar-refractivity contribution is 0.00578. The summed E-state index contributed by atoms with van der Waals surface area (Å²) < 4.78 is 43.6. The SMILES string of the molecule is CC(C)NCCOc1ncc(B2OC(C)(C)C(C)(C)O2)cc1NS(C)(=O)=O. The average molecular weight is 399 g/mol. The highest BCUT2D eigenvalue weighted by molar-refractivity contribution is 7.92. The van der Waals surface area contributed by atoms with Crippen molar-refractivity contribution in [3.63, 3.8) is 0 Å². The number of nitrogens with zero attached hydrogens (tertiary/aromatic N) is 1. The van der Waals surface area contributed by atoms with E-state index in [0.29, 0.717) is 24.7 Å². The van der Waals surface area contributed by atoms with Crippen molar-refractivity contribution in [2.75, 3.05) is 24.1 Å². The van der Waals surface area contributed by atoms with Crippen LogP contribution in [-0.2, 0) is 19.3 Å². The van der Waals surface area contributed by atoms with Crippen molar-refractivity contribution in [3.8, 4) is 5.88 Å². The minimum Gasteiger partial charge on any atom is -0.475 e. The summed E-state index contributed by atoms with van der Waals surface area (Å²) in [6.07, 6.45) is 2.67. The maximum Gasteiger partial charge on any atom is 0.496 e. The van der Waals surface area contributed by atoms with Crippen molar-refractivity contribution in [2.45, 2.75) is 58.8 Å². The molecule has 8 nitrogen and oxygen atoms in total. The molecule has 27 heavy (non-hydrogen) atoms. The lowest BCUT2D eigenvalue weighted by atomic mass is 9.80. The van der Waals surface area contributed by atoms with Crippen LogP contribution >= 0.6 is 0 Å². The molecule has 0 aromatic carbocycles. The van der Waals surface area contributed by atoms with Gasteiger partial charge in [-0.3, -0.25) is 4.72 Å². The van der Waals surface area contributed by atoms with Gasteiger partial charge in [-0.2, -0.15) is 0 Å². The quantitative estimate of drug-likeness (QED) is 0.499. The van der Waals surface area contributed by atoms with Gasteiger partial charge < -0.3 is 19.4 Å². The molecule has 1 aliphatic heterocycles. The Bertz CT molecular complexity index is 752. The number of hydrogen-bond acceptors (Lipinski definition) is 7. The Hall–Kier alpha value is -1.36. The fraction of sp³-hybridized carbons (Fsp3) is 0.706. The van der Waals surface area contributed by atoms with Crippen LogP contribution in [0.25, 0.3) is 0 Å². The van der Waals surface area contributed by atoms with Gasteiger partial charge in [0.2, 0.25) is 15.9 Å². The van der Waals surface area contributed by atoms with Gasteiger partial charge in [-0.05, 0) is 33.8 Å². The zero-order valence-electron chi connectivity index (χ0n) is 17.1. The summed E-state index contributed by atoms with van der Waals surface area (Å²) in [5.74, 6) is 0.214. The average Bonchev–Trinajstić information content (AvgIpc) is 2.71. The van der Waals surface area contributed by atoms with E-state index < -0.39 is 28.3 Å². The van der Waals surface area contributed by atoms with E-state index in [2.05, 4.69) is 15.0 Å². The second-order valence-electron chi connectivity index (χ2n) is 8.04. The van der Waals surface area contributed by atoms with Crippen LogP contribution in [0.5, 0.6) is 5.88 Å². The molecule has 10 heteroatoms. The maximum absolute atomic E-state index is 11.7. The first kappa shape index (κ1) is 21.9. The summed E-state index contributed by atoms with van der Waals surface area (Å²) in [6, 6.07) is 1.97. The Morgan fingerprint density at radius 2 is 1.81 bits per heavy atom. The van der Waals surface area contributed by atoms with E-state index in [9.17, 15) is 8.42 Å². The lowest BCUT2D eigenvalue weighted by Gasteiger charge is -2.32. The first-order valence-corrected chi connectivity index (χ1v) is 10.9. The number of rotatable bonds is 8. The van der Waals surface area contributed by atoms with E-state index >= 15 is 0 Å². The summed E-state index contributed by atoms with van der Waals surface area (Å²) in [5, 5.41) is 3.23. The number of aromatic nitrogens is 1. The fourth-order valence-corrected chi connectivity index (χ4v) is 3.01. The van der Waals surface area contributed by atoms with Crippen LogP contribution in [0.15, 0.2) is 12.3 Å². The molecule has 0 aliphatic carbocycles. The molecule has 2 N–H and O–H groups in total. The van der Waals surface area contributed by atoms with Crippen molar-refractivity contribution in [3.05, 3.63) is 12.3 Å². The highest BCUT2D eigenvalue weighted by atomic mass is 32.2. The molecule has 1 aliphatic rings. The highest BCUT2D eigenvalue weighted by Crippen LogP contribution is 2.36. The minimum atomic E-state index is -3.50. The van der Waals surface area contributed by atoms with Crippen molar-refractivity contribution in [2.24, 2.45) is 0 Å². The summed E-state index contributed by atoms with van der Waals surface area (Å²) >= 11 is 0. The lowest BCUT2D eigenvalue weighted by Crippen LogP contribution is -2.41. The number of pyridine rings is 1. The number of ether oxygens (including phenoxy) is 1. The smallest absolute Gasteiger partial charge is 0.475 e. The Kier molecular flexibility index (Phi) is 6.46. The van der Waals surface area contributed by atoms with Crippen LogP contribution in [0.4, 0.5) is 5.69 Å². The second kappa shape index (κ2) is 7.94. The normalized spacial score (nSPS) is 18.7. The minimum absolute atomic E-state index is 0.214. The van der Waals surface area contributed by atoms with Gasteiger partial charge in [0.25, 0.3) is 0 Å². The van der Waals surface area contributed by atoms with Gasteiger partial charge in [0, 0.05) is 24.2 Å². The molecule has 0 amide bonds. The summed E-state index contributed by atoms with van der Waals surface area (Å²) in [5.41, 5.74) is -0.124. The van der Waals surface area contributed by atoms with E-state index in [0.717, 1.165) is 6.26 Å². The zero-order valence-corrected chi connectivity index (χ0v) is 17.9. The molecule has 1 aromatic rings.